The Bertz CT molecular complexity index is 1100. The maximum Gasteiger partial charge on any atom is 0.178 e. The molecule has 0 fully saturated rings. The molecule has 8 nitrogen and oxygen atoms in total. The van der Waals surface area contributed by atoms with E-state index >= 15 is 0 Å². The summed E-state index contributed by atoms with van der Waals surface area (Å²) in [6.07, 6.45) is 4.28. The third kappa shape index (κ3) is 4.55. The van der Waals surface area contributed by atoms with Gasteiger partial charge < -0.3 is 10.2 Å². The molecule has 29 heavy (non-hydrogen) atoms. The van der Waals surface area contributed by atoms with Crippen molar-refractivity contribution < 1.29 is 0 Å². The number of aromatic nitrogens is 6. The van der Waals surface area contributed by atoms with Crippen molar-refractivity contribution in [3.8, 4) is 11.4 Å². The first-order chi connectivity index (χ1) is 14.1. The molecule has 0 saturated heterocycles. The lowest BCUT2D eigenvalue weighted by atomic mass is 10.1. The van der Waals surface area contributed by atoms with Gasteiger partial charge in [0, 0.05) is 37.5 Å². The van der Waals surface area contributed by atoms with E-state index in [0.717, 1.165) is 47.1 Å². The molecule has 4 rings (SSSR count). The molecular formula is C21H24N8. The van der Waals surface area contributed by atoms with Gasteiger partial charge in [0.1, 0.15) is 5.82 Å². The summed E-state index contributed by atoms with van der Waals surface area (Å²) < 4.78 is 1.80. The number of hydrogen-bond donors (Lipinski definition) is 1. The summed E-state index contributed by atoms with van der Waals surface area (Å²) in [5.74, 6) is 2.31. The molecular weight excluding hydrogens is 364 g/mol. The zero-order valence-corrected chi connectivity index (χ0v) is 16.9. The summed E-state index contributed by atoms with van der Waals surface area (Å²) >= 11 is 0. The molecule has 0 aliphatic rings. The molecule has 0 aliphatic carbocycles. The number of nitrogens with zero attached hydrogens (tertiary/aromatic N) is 7. The molecule has 3 heterocycles. The largest absolute Gasteiger partial charge is 0.367 e. The number of benzene rings is 1. The molecule has 4 aromatic rings. The predicted octanol–water partition coefficient (Wildman–Crippen LogP) is 2.45. The molecule has 148 valence electrons. The van der Waals surface area contributed by atoms with Crippen LogP contribution in [0.5, 0.6) is 0 Å². The molecule has 0 unspecified atom stereocenters. The second-order valence-corrected chi connectivity index (χ2v) is 7.30. The molecule has 8 heteroatoms. The van der Waals surface area contributed by atoms with Crippen molar-refractivity contribution in [2.45, 2.75) is 13.3 Å². The highest BCUT2D eigenvalue weighted by Crippen LogP contribution is 2.18. The van der Waals surface area contributed by atoms with Gasteiger partial charge >= 0.3 is 0 Å². The van der Waals surface area contributed by atoms with Crippen LogP contribution in [0.3, 0.4) is 0 Å². The Morgan fingerprint density at radius 2 is 1.86 bits per heavy atom. The molecule has 0 radical (unpaired) electrons. The summed E-state index contributed by atoms with van der Waals surface area (Å²) in [4.78, 5) is 11.0. The molecule has 3 aromatic heterocycles. The average Bonchev–Trinajstić information content (AvgIpc) is 3.11. The van der Waals surface area contributed by atoms with Crippen molar-refractivity contribution in [2.24, 2.45) is 0 Å². The van der Waals surface area contributed by atoms with Crippen LogP contribution in [-0.4, -0.2) is 61.9 Å². The minimum Gasteiger partial charge on any atom is -0.367 e. The Hall–Kier alpha value is -3.39. The van der Waals surface area contributed by atoms with Gasteiger partial charge in [0.05, 0.1) is 0 Å². The maximum absolute atomic E-state index is 4.66. The third-order valence-electron chi connectivity index (χ3n) is 4.52. The highest BCUT2D eigenvalue weighted by Gasteiger charge is 2.10. The Kier molecular flexibility index (Phi) is 5.44. The zero-order valence-electron chi connectivity index (χ0n) is 16.9. The number of hydrogen-bond acceptors (Lipinski definition) is 7. The first-order valence-corrected chi connectivity index (χ1v) is 9.56. The van der Waals surface area contributed by atoms with Crippen LogP contribution in [0.1, 0.15) is 17.0 Å². The highest BCUT2D eigenvalue weighted by atomic mass is 15.4. The Morgan fingerprint density at radius 1 is 1.03 bits per heavy atom. The molecule has 0 saturated carbocycles. The van der Waals surface area contributed by atoms with Gasteiger partial charge in [-0.05, 0) is 50.3 Å². The van der Waals surface area contributed by atoms with E-state index in [2.05, 4.69) is 47.6 Å². The zero-order chi connectivity index (χ0) is 20.2. The summed E-state index contributed by atoms with van der Waals surface area (Å²) in [5, 5.41) is 16.6. The van der Waals surface area contributed by atoms with Crippen molar-refractivity contribution >= 4 is 11.5 Å². The minimum atomic E-state index is 0.620. The lowest BCUT2D eigenvalue weighted by molar-refractivity contribution is 0.425. The second-order valence-electron chi connectivity index (χ2n) is 7.30. The van der Waals surface area contributed by atoms with Crippen LogP contribution in [0.4, 0.5) is 5.82 Å². The first-order valence-electron chi connectivity index (χ1n) is 9.56. The Morgan fingerprint density at radius 3 is 2.66 bits per heavy atom. The smallest absolute Gasteiger partial charge is 0.178 e. The standard InChI is InChI=1S/C21H24N8/c1-15-13-23-21(24-14-15)17-6-4-5-16(11-17)12-20-26-25-19-8-7-18(27-29(19)20)22-9-10-28(2)3/h4-8,11,13-14H,9-10,12H2,1-3H3,(H,22,27). The van der Waals surface area contributed by atoms with E-state index in [1.807, 2.05) is 57.7 Å². The fourth-order valence-corrected chi connectivity index (χ4v) is 2.99. The van der Waals surface area contributed by atoms with Crippen molar-refractivity contribution in [3.05, 3.63) is 65.7 Å². The summed E-state index contributed by atoms with van der Waals surface area (Å²) in [6.45, 7) is 3.73. The van der Waals surface area contributed by atoms with Gasteiger partial charge in [0.25, 0.3) is 0 Å². The Labute approximate surface area is 169 Å². The summed E-state index contributed by atoms with van der Waals surface area (Å²) in [7, 11) is 4.10. The SMILES string of the molecule is Cc1cnc(-c2cccc(Cc3nnc4ccc(NCCN(C)C)nn34)c2)nc1. The van der Waals surface area contributed by atoms with E-state index in [-0.39, 0.29) is 0 Å². The van der Waals surface area contributed by atoms with Gasteiger partial charge in [-0.3, -0.25) is 0 Å². The van der Waals surface area contributed by atoms with Gasteiger partial charge in [-0.1, -0.05) is 18.2 Å². The van der Waals surface area contributed by atoms with E-state index in [1.165, 1.54) is 0 Å². The van der Waals surface area contributed by atoms with Gasteiger partial charge in [-0.15, -0.1) is 15.3 Å². The molecule has 1 N–H and O–H groups in total. The van der Waals surface area contributed by atoms with E-state index in [9.17, 15) is 0 Å². The van der Waals surface area contributed by atoms with Crippen molar-refractivity contribution in [2.75, 3.05) is 32.5 Å². The van der Waals surface area contributed by atoms with Crippen LogP contribution in [0.15, 0.2) is 48.8 Å². The van der Waals surface area contributed by atoms with Crippen LogP contribution < -0.4 is 5.32 Å². The maximum atomic E-state index is 4.66. The van der Waals surface area contributed by atoms with Crippen molar-refractivity contribution in [1.29, 1.82) is 0 Å². The molecule has 1 aromatic carbocycles. The second kappa shape index (κ2) is 8.32. The summed E-state index contributed by atoms with van der Waals surface area (Å²) in [6, 6.07) is 12.0. The van der Waals surface area contributed by atoms with Crippen molar-refractivity contribution in [1.82, 2.24) is 34.7 Å². The fourth-order valence-electron chi connectivity index (χ4n) is 2.99. The number of anilines is 1. The number of likely N-dealkylation sites (N-methyl/N-ethyl adjacent to an activating group) is 1. The van der Waals surface area contributed by atoms with Crippen LogP contribution >= 0.6 is 0 Å². The normalized spacial score (nSPS) is 11.3. The van der Waals surface area contributed by atoms with E-state index in [0.29, 0.717) is 12.2 Å². The van der Waals surface area contributed by atoms with Gasteiger partial charge in [-0.2, -0.15) is 4.52 Å². The number of fused-ring (bicyclic) bond motifs is 1. The number of nitrogens with one attached hydrogen (secondary N) is 1. The molecule has 0 bridgehead atoms. The van der Waals surface area contributed by atoms with Crippen LogP contribution in [-0.2, 0) is 6.42 Å². The number of rotatable bonds is 7. The average molecular weight is 388 g/mol. The molecule has 0 amide bonds. The van der Waals surface area contributed by atoms with Crippen LogP contribution in [0, 0.1) is 6.92 Å². The quantitative estimate of drug-likeness (QED) is 0.520. The fraction of sp³-hybridized carbons (Fsp3) is 0.286. The predicted molar refractivity (Wildman–Crippen MR) is 113 cm³/mol. The van der Waals surface area contributed by atoms with Gasteiger partial charge in [0.2, 0.25) is 0 Å². The van der Waals surface area contributed by atoms with Crippen LogP contribution in [0.2, 0.25) is 0 Å². The topological polar surface area (TPSA) is 84.1 Å². The number of aryl methyl sites for hydroxylation is 1. The molecule has 0 aliphatic heterocycles. The van der Waals surface area contributed by atoms with E-state index < -0.39 is 0 Å². The first kappa shape index (κ1) is 18.9. The van der Waals surface area contributed by atoms with E-state index in [1.54, 1.807) is 4.52 Å². The minimum absolute atomic E-state index is 0.620. The van der Waals surface area contributed by atoms with E-state index in [4.69, 9.17) is 0 Å². The lowest BCUT2D eigenvalue weighted by Gasteiger charge is -2.11. The monoisotopic (exact) mass is 388 g/mol. The molecule has 0 spiro atoms. The highest BCUT2D eigenvalue weighted by molar-refractivity contribution is 5.56. The van der Waals surface area contributed by atoms with Gasteiger partial charge in [0.15, 0.2) is 17.3 Å². The lowest BCUT2D eigenvalue weighted by Crippen LogP contribution is -2.21. The molecule has 0 atom stereocenters. The Balaban J connectivity index is 1.56. The van der Waals surface area contributed by atoms with Crippen molar-refractivity contribution in [3.63, 3.8) is 0 Å². The van der Waals surface area contributed by atoms with Crippen LogP contribution in [0.25, 0.3) is 17.0 Å². The van der Waals surface area contributed by atoms with Gasteiger partial charge in [-0.25, -0.2) is 9.97 Å². The third-order valence-corrected chi connectivity index (χ3v) is 4.52. The summed E-state index contributed by atoms with van der Waals surface area (Å²) in [5.41, 5.74) is 3.86.